The minimum Gasteiger partial charge on any atom is -0.355 e. The fraction of sp³-hybridized carbons (Fsp3) is 0.333. The number of halogens is 4. The largest absolute Gasteiger partial charge is 0.401 e. The molecule has 0 heterocycles. The molecule has 116 valence electrons. The van der Waals surface area contributed by atoms with Gasteiger partial charge in [-0.1, -0.05) is 11.6 Å². The zero-order valence-corrected chi connectivity index (χ0v) is 11.7. The molecule has 0 fully saturated rings. The minimum atomic E-state index is -4.39. The van der Waals surface area contributed by atoms with Gasteiger partial charge in [-0.3, -0.25) is 9.59 Å². The number of carbonyl (C=O) groups excluding carboxylic acids is 2. The summed E-state index contributed by atoms with van der Waals surface area (Å²) in [6, 6.07) is 4.20. The van der Waals surface area contributed by atoms with Gasteiger partial charge in [-0.15, -0.1) is 0 Å². The predicted octanol–water partition coefficient (Wildman–Crippen LogP) is 1.79. The van der Waals surface area contributed by atoms with E-state index < -0.39 is 25.2 Å². The Bertz CT molecular complexity index is 535. The average molecular weight is 324 g/mol. The van der Waals surface area contributed by atoms with Crippen molar-refractivity contribution < 1.29 is 22.8 Å². The Hall–Kier alpha value is -1.80. The molecule has 0 aromatic heterocycles. The summed E-state index contributed by atoms with van der Waals surface area (Å²) in [6.45, 7) is -1.80. The summed E-state index contributed by atoms with van der Waals surface area (Å²) in [5, 5.41) is 6.86. The van der Waals surface area contributed by atoms with Crippen molar-refractivity contribution in [2.24, 2.45) is 0 Å². The Kier molecular flexibility index (Phi) is 5.98. The molecule has 9 heteroatoms. The van der Waals surface area contributed by atoms with Crippen LogP contribution in [0.2, 0.25) is 5.02 Å². The number of anilines is 1. The molecule has 0 radical (unpaired) electrons. The second-order valence-electron chi connectivity index (χ2n) is 4.04. The van der Waals surface area contributed by atoms with Crippen LogP contribution in [0, 0.1) is 0 Å². The highest BCUT2D eigenvalue weighted by Crippen LogP contribution is 2.23. The topological polar surface area (TPSA) is 70.2 Å². The van der Waals surface area contributed by atoms with Gasteiger partial charge in [0, 0.05) is 12.6 Å². The Balaban J connectivity index is 2.65. The van der Waals surface area contributed by atoms with Crippen molar-refractivity contribution in [1.29, 1.82) is 0 Å². The molecule has 0 aliphatic rings. The van der Waals surface area contributed by atoms with E-state index in [2.05, 4.69) is 10.6 Å². The fourth-order valence-corrected chi connectivity index (χ4v) is 1.58. The average Bonchev–Trinajstić information content (AvgIpc) is 2.39. The van der Waals surface area contributed by atoms with Crippen LogP contribution in [-0.4, -0.2) is 38.1 Å². The van der Waals surface area contributed by atoms with E-state index in [4.69, 9.17) is 11.6 Å². The lowest BCUT2D eigenvalue weighted by Gasteiger charge is -2.11. The van der Waals surface area contributed by atoms with E-state index in [1.54, 1.807) is 0 Å². The smallest absolute Gasteiger partial charge is 0.355 e. The number of benzene rings is 1. The van der Waals surface area contributed by atoms with Crippen LogP contribution in [0.15, 0.2) is 18.2 Å². The summed E-state index contributed by atoms with van der Waals surface area (Å²) in [4.78, 5) is 22.9. The van der Waals surface area contributed by atoms with Gasteiger partial charge in [0.05, 0.1) is 23.8 Å². The number of hydrogen-bond donors (Lipinski definition) is 3. The summed E-state index contributed by atoms with van der Waals surface area (Å²) >= 11 is 5.85. The van der Waals surface area contributed by atoms with Crippen LogP contribution in [0.5, 0.6) is 0 Å². The summed E-state index contributed by atoms with van der Waals surface area (Å²) in [6.07, 6.45) is -4.39. The monoisotopic (exact) mass is 323 g/mol. The van der Waals surface area contributed by atoms with Crippen molar-refractivity contribution >= 4 is 29.1 Å². The SMILES string of the molecule is CNC(=O)c1ccc(Cl)c(NC(=O)CNCC(F)(F)F)c1. The number of rotatable bonds is 5. The van der Waals surface area contributed by atoms with Gasteiger partial charge in [-0.2, -0.15) is 13.2 Å². The third kappa shape index (κ3) is 6.01. The third-order valence-corrected chi connectivity index (χ3v) is 2.67. The molecule has 0 spiro atoms. The van der Waals surface area contributed by atoms with Crippen molar-refractivity contribution in [3.8, 4) is 0 Å². The number of nitrogens with one attached hydrogen (secondary N) is 3. The van der Waals surface area contributed by atoms with E-state index in [0.29, 0.717) is 0 Å². The first-order valence-electron chi connectivity index (χ1n) is 5.82. The van der Waals surface area contributed by atoms with Crippen LogP contribution in [0.1, 0.15) is 10.4 Å². The second-order valence-corrected chi connectivity index (χ2v) is 4.45. The molecule has 1 rings (SSSR count). The number of hydrogen-bond acceptors (Lipinski definition) is 3. The van der Waals surface area contributed by atoms with E-state index in [9.17, 15) is 22.8 Å². The first-order valence-corrected chi connectivity index (χ1v) is 6.19. The maximum Gasteiger partial charge on any atom is 0.401 e. The van der Waals surface area contributed by atoms with Crippen molar-refractivity contribution in [3.63, 3.8) is 0 Å². The second kappa shape index (κ2) is 7.28. The Morgan fingerprint density at radius 2 is 1.95 bits per heavy atom. The van der Waals surface area contributed by atoms with Gasteiger partial charge in [-0.05, 0) is 18.2 Å². The van der Waals surface area contributed by atoms with E-state index in [-0.39, 0.29) is 22.2 Å². The number of amides is 2. The van der Waals surface area contributed by atoms with Gasteiger partial charge in [0.25, 0.3) is 5.91 Å². The highest BCUT2D eigenvalue weighted by Gasteiger charge is 2.26. The van der Waals surface area contributed by atoms with E-state index in [1.807, 2.05) is 5.32 Å². The van der Waals surface area contributed by atoms with Crippen LogP contribution < -0.4 is 16.0 Å². The quantitative estimate of drug-likeness (QED) is 0.773. The molecule has 21 heavy (non-hydrogen) atoms. The van der Waals surface area contributed by atoms with Crippen molar-refractivity contribution in [1.82, 2.24) is 10.6 Å². The molecular formula is C12H13ClF3N3O2. The lowest BCUT2D eigenvalue weighted by Crippen LogP contribution is -2.35. The van der Waals surface area contributed by atoms with Gasteiger partial charge in [-0.25, -0.2) is 0 Å². The molecule has 5 nitrogen and oxygen atoms in total. The lowest BCUT2D eigenvalue weighted by molar-refractivity contribution is -0.126. The molecule has 1 aromatic carbocycles. The molecule has 0 unspecified atom stereocenters. The molecule has 0 atom stereocenters. The summed E-state index contributed by atoms with van der Waals surface area (Å²) in [5.74, 6) is -1.08. The van der Waals surface area contributed by atoms with E-state index in [1.165, 1.54) is 25.2 Å². The molecule has 2 amide bonds. The third-order valence-electron chi connectivity index (χ3n) is 2.34. The van der Waals surface area contributed by atoms with Crippen LogP contribution in [0.3, 0.4) is 0 Å². The molecule has 0 saturated heterocycles. The van der Waals surface area contributed by atoms with Crippen LogP contribution in [0.4, 0.5) is 18.9 Å². The Morgan fingerprint density at radius 1 is 1.29 bits per heavy atom. The Labute approximate surface area is 123 Å². The lowest BCUT2D eigenvalue weighted by atomic mass is 10.2. The van der Waals surface area contributed by atoms with Crippen LogP contribution in [0.25, 0.3) is 0 Å². The molecule has 0 bridgehead atoms. The van der Waals surface area contributed by atoms with Gasteiger partial charge >= 0.3 is 6.18 Å². The van der Waals surface area contributed by atoms with Crippen molar-refractivity contribution in [3.05, 3.63) is 28.8 Å². The fourth-order valence-electron chi connectivity index (χ4n) is 1.42. The first-order chi connectivity index (χ1) is 9.73. The molecule has 0 aliphatic carbocycles. The molecule has 3 N–H and O–H groups in total. The van der Waals surface area contributed by atoms with Crippen LogP contribution >= 0.6 is 11.6 Å². The van der Waals surface area contributed by atoms with Gasteiger partial charge < -0.3 is 16.0 Å². The molecular weight excluding hydrogens is 311 g/mol. The predicted molar refractivity (Wildman–Crippen MR) is 72.4 cm³/mol. The van der Waals surface area contributed by atoms with Crippen molar-refractivity contribution in [2.75, 3.05) is 25.5 Å². The van der Waals surface area contributed by atoms with Gasteiger partial charge in [0.1, 0.15) is 0 Å². The highest BCUT2D eigenvalue weighted by atomic mass is 35.5. The van der Waals surface area contributed by atoms with Crippen molar-refractivity contribution in [2.45, 2.75) is 6.18 Å². The molecule has 0 saturated carbocycles. The summed E-state index contributed by atoms with van der Waals surface area (Å²) in [7, 11) is 1.44. The summed E-state index contributed by atoms with van der Waals surface area (Å²) < 4.78 is 35.8. The van der Waals surface area contributed by atoms with E-state index >= 15 is 0 Å². The molecule has 1 aromatic rings. The number of alkyl halides is 3. The van der Waals surface area contributed by atoms with Crippen LogP contribution in [-0.2, 0) is 4.79 Å². The standard InChI is InChI=1S/C12H13ClF3N3O2/c1-17-11(21)7-2-3-8(13)9(4-7)19-10(20)5-18-6-12(14,15)16/h2-4,18H,5-6H2,1H3,(H,17,21)(H,19,20). The normalized spacial score (nSPS) is 11.1. The number of carbonyl (C=O) groups is 2. The summed E-state index contributed by atoms with van der Waals surface area (Å²) in [5.41, 5.74) is 0.414. The zero-order valence-electron chi connectivity index (χ0n) is 11.0. The minimum absolute atomic E-state index is 0.150. The zero-order chi connectivity index (χ0) is 16.0. The highest BCUT2D eigenvalue weighted by molar-refractivity contribution is 6.33. The molecule has 0 aliphatic heterocycles. The maximum absolute atomic E-state index is 11.9. The Morgan fingerprint density at radius 3 is 2.52 bits per heavy atom. The van der Waals surface area contributed by atoms with E-state index in [0.717, 1.165) is 0 Å². The maximum atomic E-state index is 11.9. The van der Waals surface area contributed by atoms with Gasteiger partial charge in [0.15, 0.2) is 0 Å². The first kappa shape index (κ1) is 17.3. The van der Waals surface area contributed by atoms with Gasteiger partial charge in [0.2, 0.25) is 5.91 Å².